The fourth-order valence-corrected chi connectivity index (χ4v) is 1.82. The Morgan fingerprint density at radius 2 is 2.00 bits per heavy atom. The number of nitrogens with zero attached hydrogens (tertiary/aromatic N) is 6. The number of unbranched alkanes of at least 4 members (excludes halogenated alkanes) is 4. The molecule has 108 valence electrons. The summed E-state index contributed by atoms with van der Waals surface area (Å²) >= 11 is 5.84. The normalized spacial score (nSPS) is 10.7. The molecule has 0 saturated heterocycles. The van der Waals surface area contributed by atoms with Crippen molar-refractivity contribution in [1.82, 2.24) is 29.7 Å². The van der Waals surface area contributed by atoms with Crippen LogP contribution in [0.1, 0.15) is 39.0 Å². The lowest BCUT2D eigenvalue weighted by Crippen LogP contribution is -2.07. The first-order valence-corrected chi connectivity index (χ1v) is 7.06. The highest BCUT2D eigenvalue weighted by molar-refractivity contribution is 6.28. The average Bonchev–Trinajstić information content (AvgIpc) is 2.96. The Balaban J connectivity index is 1.88. The van der Waals surface area contributed by atoms with E-state index in [0.717, 1.165) is 12.8 Å². The molecule has 0 radical (unpaired) electrons. The zero-order chi connectivity index (χ0) is 14.2. The van der Waals surface area contributed by atoms with E-state index >= 15 is 0 Å². The van der Waals surface area contributed by atoms with E-state index in [4.69, 9.17) is 16.3 Å². The molecule has 0 atom stereocenters. The number of ether oxygens (including phenoxy) is 1. The largest absolute Gasteiger partial charge is 0.463 e. The van der Waals surface area contributed by atoms with Crippen LogP contribution in [0.2, 0.25) is 5.28 Å². The molecule has 0 unspecified atom stereocenters. The van der Waals surface area contributed by atoms with Crippen LogP contribution in [0.25, 0.3) is 5.95 Å². The van der Waals surface area contributed by atoms with Gasteiger partial charge in [0.15, 0.2) is 0 Å². The van der Waals surface area contributed by atoms with Gasteiger partial charge in [0, 0.05) is 0 Å². The highest BCUT2D eigenvalue weighted by atomic mass is 35.5. The third kappa shape index (κ3) is 4.41. The van der Waals surface area contributed by atoms with E-state index in [0.29, 0.717) is 12.6 Å². The van der Waals surface area contributed by atoms with E-state index in [2.05, 4.69) is 32.0 Å². The second-order valence-electron chi connectivity index (χ2n) is 4.29. The van der Waals surface area contributed by atoms with Crippen LogP contribution >= 0.6 is 11.6 Å². The number of halogens is 1. The van der Waals surface area contributed by atoms with Crippen LogP contribution < -0.4 is 4.74 Å². The summed E-state index contributed by atoms with van der Waals surface area (Å²) < 4.78 is 6.90. The summed E-state index contributed by atoms with van der Waals surface area (Å²) in [5, 5.41) is 4.01. The van der Waals surface area contributed by atoms with E-state index in [1.165, 1.54) is 36.6 Å². The van der Waals surface area contributed by atoms with Crippen molar-refractivity contribution in [2.75, 3.05) is 6.61 Å². The molecular weight excluding hydrogens is 280 g/mol. The van der Waals surface area contributed by atoms with Gasteiger partial charge in [-0.05, 0) is 18.0 Å². The zero-order valence-corrected chi connectivity index (χ0v) is 12.1. The van der Waals surface area contributed by atoms with Gasteiger partial charge in [0.25, 0.3) is 5.95 Å². The predicted molar refractivity (Wildman–Crippen MR) is 74.0 cm³/mol. The number of aromatic nitrogens is 6. The van der Waals surface area contributed by atoms with Gasteiger partial charge in [-0.1, -0.05) is 32.6 Å². The maximum Gasteiger partial charge on any atom is 0.322 e. The summed E-state index contributed by atoms with van der Waals surface area (Å²) in [7, 11) is 0. The van der Waals surface area contributed by atoms with E-state index in [1.54, 1.807) is 0 Å². The van der Waals surface area contributed by atoms with Crippen molar-refractivity contribution in [1.29, 1.82) is 0 Å². The molecule has 2 aromatic heterocycles. The first-order valence-electron chi connectivity index (χ1n) is 6.69. The van der Waals surface area contributed by atoms with Crippen LogP contribution in [-0.4, -0.2) is 36.3 Å². The lowest BCUT2D eigenvalue weighted by Gasteiger charge is -2.05. The van der Waals surface area contributed by atoms with Crippen molar-refractivity contribution in [2.45, 2.75) is 39.0 Å². The Bertz CT molecular complexity index is 519. The van der Waals surface area contributed by atoms with Crippen LogP contribution in [0.5, 0.6) is 6.01 Å². The molecule has 0 bridgehead atoms. The summed E-state index contributed by atoms with van der Waals surface area (Å²) in [5.74, 6) is 0.295. The van der Waals surface area contributed by atoms with E-state index < -0.39 is 0 Å². The molecule has 2 rings (SSSR count). The Hall–Kier alpha value is -1.76. The molecule has 8 heteroatoms. The molecule has 2 heterocycles. The minimum absolute atomic E-state index is 0.0754. The van der Waals surface area contributed by atoms with Crippen LogP contribution in [0, 0.1) is 0 Å². The molecule has 7 nitrogen and oxygen atoms in total. The van der Waals surface area contributed by atoms with Crippen molar-refractivity contribution in [3.8, 4) is 12.0 Å². The van der Waals surface area contributed by atoms with Gasteiger partial charge < -0.3 is 4.74 Å². The van der Waals surface area contributed by atoms with Crippen LogP contribution in [0.15, 0.2) is 12.7 Å². The standard InChI is InChI=1S/C12H17ClN6O/c1-2-3-4-5-6-7-20-12-17-10(13)16-11(18-12)19-9-14-8-15-19/h8-9H,2-7H2,1H3. The van der Waals surface area contributed by atoms with Crippen molar-refractivity contribution >= 4 is 11.6 Å². The molecule has 0 spiro atoms. The van der Waals surface area contributed by atoms with E-state index in [9.17, 15) is 0 Å². The van der Waals surface area contributed by atoms with Gasteiger partial charge in [-0.3, -0.25) is 0 Å². The van der Waals surface area contributed by atoms with Gasteiger partial charge in [0.2, 0.25) is 5.28 Å². The van der Waals surface area contributed by atoms with Crippen molar-refractivity contribution in [3.63, 3.8) is 0 Å². The van der Waals surface area contributed by atoms with Gasteiger partial charge in [-0.15, -0.1) is 0 Å². The summed E-state index contributed by atoms with van der Waals surface area (Å²) in [6.45, 7) is 2.76. The Morgan fingerprint density at radius 3 is 2.75 bits per heavy atom. The summed E-state index contributed by atoms with van der Waals surface area (Å²) in [4.78, 5) is 15.9. The fraction of sp³-hybridized carbons (Fsp3) is 0.583. The van der Waals surface area contributed by atoms with Gasteiger partial charge in [0.1, 0.15) is 12.7 Å². The third-order valence-electron chi connectivity index (χ3n) is 2.68. The first kappa shape index (κ1) is 14.6. The Kier molecular flexibility index (Phi) is 5.67. The first-order chi connectivity index (χ1) is 9.79. The smallest absolute Gasteiger partial charge is 0.322 e. The molecule has 2 aromatic rings. The number of rotatable bonds is 8. The minimum Gasteiger partial charge on any atom is -0.463 e. The second-order valence-corrected chi connectivity index (χ2v) is 4.63. The summed E-state index contributed by atoms with van der Waals surface area (Å²) in [5.41, 5.74) is 0. The molecule has 0 aliphatic rings. The van der Waals surface area contributed by atoms with Gasteiger partial charge in [-0.25, -0.2) is 4.98 Å². The van der Waals surface area contributed by atoms with Gasteiger partial charge in [0.05, 0.1) is 6.61 Å². The molecule has 0 saturated carbocycles. The highest BCUT2D eigenvalue weighted by Crippen LogP contribution is 2.11. The predicted octanol–water partition coefficient (Wildman–Crippen LogP) is 2.45. The van der Waals surface area contributed by atoms with Crippen molar-refractivity contribution < 1.29 is 4.74 Å². The molecule has 0 fully saturated rings. The molecule has 0 aromatic carbocycles. The molecular formula is C12H17ClN6O. The Labute approximate surface area is 122 Å². The summed E-state index contributed by atoms with van der Waals surface area (Å²) in [6, 6.07) is 0.214. The number of hydrogen-bond acceptors (Lipinski definition) is 6. The second kappa shape index (κ2) is 7.74. The van der Waals surface area contributed by atoms with Gasteiger partial charge in [-0.2, -0.15) is 24.7 Å². The molecule has 20 heavy (non-hydrogen) atoms. The molecule has 0 amide bonds. The van der Waals surface area contributed by atoms with Crippen molar-refractivity contribution in [3.05, 3.63) is 17.9 Å². The van der Waals surface area contributed by atoms with Gasteiger partial charge >= 0.3 is 6.01 Å². The van der Waals surface area contributed by atoms with Crippen molar-refractivity contribution in [2.24, 2.45) is 0 Å². The maximum absolute atomic E-state index is 5.84. The SMILES string of the molecule is CCCCCCCOc1nc(Cl)nc(-n2cncn2)n1. The van der Waals surface area contributed by atoms with E-state index in [-0.39, 0.29) is 11.3 Å². The zero-order valence-electron chi connectivity index (χ0n) is 11.4. The lowest BCUT2D eigenvalue weighted by atomic mass is 10.2. The lowest BCUT2D eigenvalue weighted by molar-refractivity contribution is 0.280. The third-order valence-corrected chi connectivity index (χ3v) is 2.85. The monoisotopic (exact) mass is 296 g/mol. The molecule has 0 aliphatic heterocycles. The fourth-order valence-electron chi connectivity index (χ4n) is 1.67. The minimum atomic E-state index is 0.0754. The Morgan fingerprint density at radius 1 is 1.15 bits per heavy atom. The molecule has 0 N–H and O–H groups in total. The molecule has 0 aliphatic carbocycles. The highest BCUT2D eigenvalue weighted by Gasteiger charge is 2.08. The van der Waals surface area contributed by atoms with E-state index in [1.807, 2.05) is 0 Å². The quantitative estimate of drug-likeness (QED) is 0.696. The topological polar surface area (TPSA) is 78.6 Å². The maximum atomic E-state index is 5.84. The van der Waals surface area contributed by atoms with Crippen LogP contribution in [-0.2, 0) is 0 Å². The van der Waals surface area contributed by atoms with Crippen LogP contribution in [0.4, 0.5) is 0 Å². The summed E-state index contributed by atoms with van der Waals surface area (Å²) in [6.07, 6.45) is 8.71. The van der Waals surface area contributed by atoms with Crippen LogP contribution in [0.3, 0.4) is 0 Å². The number of hydrogen-bond donors (Lipinski definition) is 0. The average molecular weight is 297 g/mol.